The zero-order valence-corrected chi connectivity index (χ0v) is 16.2. The number of halogens is 1. The number of rotatable bonds is 5. The Labute approximate surface area is 171 Å². The number of hydrogen-bond donors (Lipinski definition) is 1. The summed E-state index contributed by atoms with van der Waals surface area (Å²) in [5.74, 6) is 0.644. The molecule has 1 saturated heterocycles. The summed E-state index contributed by atoms with van der Waals surface area (Å²) in [6, 6.07) is 7.54. The highest BCUT2D eigenvalue weighted by atomic mass is 19.1. The highest BCUT2D eigenvalue weighted by Gasteiger charge is 2.28. The van der Waals surface area contributed by atoms with Crippen LogP contribution in [0.25, 0.3) is 0 Å². The highest BCUT2D eigenvalue weighted by Crippen LogP contribution is 2.27. The number of aromatic amines is 1. The standard InChI is InChI=1S/C21H21FN4O4/c22-16-5-1-3-14(9-16)10-17-11-23-20(30-17)15-4-2-7-25(12-15)19(28)13-26-8-6-18(27)24-21(26)29/h1,3,5-6,8-9,11,15H,2,4,7,10,12-13H2,(H,24,27,29)/t15-/m0/s1. The summed E-state index contributed by atoms with van der Waals surface area (Å²) >= 11 is 0. The van der Waals surface area contributed by atoms with Crippen molar-refractivity contribution in [2.24, 2.45) is 0 Å². The molecule has 1 amide bonds. The largest absolute Gasteiger partial charge is 0.445 e. The first-order valence-electron chi connectivity index (χ1n) is 9.74. The van der Waals surface area contributed by atoms with E-state index in [1.165, 1.54) is 29.0 Å². The summed E-state index contributed by atoms with van der Waals surface area (Å²) < 4.78 is 20.4. The second kappa shape index (κ2) is 8.48. The number of carbonyl (C=O) groups excluding carboxylic acids is 1. The lowest BCUT2D eigenvalue weighted by atomic mass is 9.98. The van der Waals surface area contributed by atoms with Gasteiger partial charge in [-0.25, -0.2) is 14.2 Å². The molecule has 30 heavy (non-hydrogen) atoms. The molecule has 9 heteroatoms. The second-order valence-electron chi connectivity index (χ2n) is 7.39. The summed E-state index contributed by atoms with van der Waals surface area (Å²) in [6.45, 7) is 0.889. The van der Waals surface area contributed by atoms with Crippen LogP contribution in [0.4, 0.5) is 4.39 Å². The molecular weight excluding hydrogens is 391 g/mol. The highest BCUT2D eigenvalue weighted by molar-refractivity contribution is 5.76. The van der Waals surface area contributed by atoms with Crippen molar-refractivity contribution in [2.45, 2.75) is 31.7 Å². The van der Waals surface area contributed by atoms with Crippen LogP contribution in [0.15, 0.2) is 56.7 Å². The minimum Gasteiger partial charge on any atom is -0.445 e. The number of benzene rings is 1. The molecule has 1 aromatic carbocycles. The Bertz CT molecular complexity index is 1170. The summed E-state index contributed by atoms with van der Waals surface area (Å²) in [5, 5.41) is 0. The zero-order chi connectivity index (χ0) is 21.1. The molecule has 1 fully saturated rings. The fraction of sp³-hybridized carbons (Fsp3) is 0.333. The van der Waals surface area contributed by atoms with Gasteiger partial charge >= 0.3 is 5.69 Å². The third-order valence-corrected chi connectivity index (χ3v) is 5.16. The average molecular weight is 412 g/mol. The van der Waals surface area contributed by atoms with Crippen LogP contribution >= 0.6 is 0 Å². The molecule has 0 spiro atoms. The minimum atomic E-state index is -0.612. The summed E-state index contributed by atoms with van der Waals surface area (Å²) in [6.07, 6.45) is 5.02. The van der Waals surface area contributed by atoms with E-state index in [1.54, 1.807) is 17.2 Å². The van der Waals surface area contributed by atoms with Crippen LogP contribution in [0.3, 0.4) is 0 Å². The van der Waals surface area contributed by atoms with Gasteiger partial charge in [-0.2, -0.15) is 0 Å². The third kappa shape index (κ3) is 4.56. The predicted molar refractivity (Wildman–Crippen MR) is 106 cm³/mol. The van der Waals surface area contributed by atoms with Crippen molar-refractivity contribution < 1.29 is 13.6 Å². The number of nitrogens with one attached hydrogen (secondary N) is 1. The van der Waals surface area contributed by atoms with E-state index in [9.17, 15) is 18.8 Å². The summed E-state index contributed by atoms with van der Waals surface area (Å²) in [7, 11) is 0. The molecule has 8 nitrogen and oxygen atoms in total. The summed E-state index contributed by atoms with van der Waals surface area (Å²) in [5.41, 5.74) is -0.316. The van der Waals surface area contributed by atoms with Crippen LogP contribution in [0.2, 0.25) is 0 Å². The lowest BCUT2D eigenvalue weighted by Gasteiger charge is -2.31. The molecule has 1 aliphatic rings. The molecule has 2 aromatic heterocycles. The van der Waals surface area contributed by atoms with Crippen LogP contribution in [0.1, 0.15) is 36.0 Å². The molecule has 0 bridgehead atoms. The molecule has 3 heterocycles. The van der Waals surface area contributed by atoms with E-state index in [0.717, 1.165) is 18.4 Å². The maximum Gasteiger partial charge on any atom is 0.328 e. The van der Waals surface area contributed by atoms with Gasteiger partial charge < -0.3 is 9.32 Å². The van der Waals surface area contributed by atoms with Crippen LogP contribution in [-0.4, -0.2) is 38.4 Å². The van der Waals surface area contributed by atoms with Gasteiger partial charge in [-0.3, -0.25) is 19.1 Å². The Morgan fingerprint density at radius 1 is 1.30 bits per heavy atom. The van der Waals surface area contributed by atoms with Gasteiger partial charge in [-0.15, -0.1) is 0 Å². The van der Waals surface area contributed by atoms with E-state index in [4.69, 9.17) is 4.42 Å². The van der Waals surface area contributed by atoms with Crippen LogP contribution in [0.5, 0.6) is 0 Å². The van der Waals surface area contributed by atoms with Crippen molar-refractivity contribution in [1.82, 2.24) is 19.4 Å². The molecule has 0 aliphatic carbocycles. The third-order valence-electron chi connectivity index (χ3n) is 5.16. The average Bonchev–Trinajstić information content (AvgIpc) is 3.19. The Hall–Kier alpha value is -3.49. The number of aromatic nitrogens is 3. The Kier molecular flexibility index (Phi) is 5.60. The molecule has 1 aliphatic heterocycles. The van der Waals surface area contributed by atoms with E-state index in [1.807, 2.05) is 6.07 Å². The Balaban J connectivity index is 1.41. The van der Waals surface area contributed by atoms with Gasteiger partial charge in [-0.1, -0.05) is 12.1 Å². The molecule has 0 radical (unpaired) electrons. The van der Waals surface area contributed by atoms with Crippen LogP contribution in [0, 0.1) is 5.82 Å². The van der Waals surface area contributed by atoms with E-state index in [-0.39, 0.29) is 24.2 Å². The number of nitrogens with zero attached hydrogens (tertiary/aromatic N) is 3. The van der Waals surface area contributed by atoms with Crippen molar-refractivity contribution in [3.8, 4) is 0 Å². The first-order valence-corrected chi connectivity index (χ1v) is 9.74. The molecule has 4 rings (SSSR count). The first kappa shape index (κ1) is 19.8. The Morgan fingerprint density at radius 2 is 2.17 bits per heavy atom. The molecule has 1 atom stereocenters. The quantitative estimate of drug-likeness (QED) is 0.687. The van der Waals surface area contributed by atoms with Gasteiger partial charge in [0.2, 0.25) is 5.91 Å². The van der Waals surface area contributed by atoms with E-state index < -0.39 is 11.2 Å². The van der Waals surface area contributed by atoms with Crippen molar-refractivity contribution in [2.75, 3.05) is 13.1 Å². The number of piperidine rings is 1. The number of oxazole rings is 1. The topological polar surface area (TPSA) is 101 Å². The first-order chi connectivity index (χ1) is 14.5. The van der Waals surface area contributed by atoms with Crippen molar-refractivity contribution in [1.29, 1.82) is 0 Å². The molecule has 1 N–H and O–H groups in total. The summed E-state index contributed by atoms with van der Waals surface area (Å²) in [4.78, 5) is 43.8. The van der Waals surface area contributed by atoms with E-state index in [2.05, 4.69) is 9.97 Å². The zero-order valence-electron chi connectivity index (χ0n) is 16.2. The monoisotopic (exact) mass is 412 g/mol. The lowest BCUT2D eigenvalue weighted by molar-refractivity contribution is -0.133. The Morgan fingerprint density at radius 3 is 2.97 bits per heavy atom. The predicted octanol–water partition coefficient (Wildman–Crippen LogP) is 1.66. The normalized spacial score (nSPS) is 16.6. The SMILES string of the molecule is O=C(Cn1ccc(=O)[nH]c1=O)N1CCC[C@H](c2ncc(Cc3cccc(F)c3)o2)C1. The number of amides is 1. The maximum atomic E-state index is 13.4. The molecule has 3 aromatic rings. The number of likely N-dealkylation sites (tertiary alicyclic amines) is 1. The van der Waals surface area contributed by atoms with Crippen molar-refractivity contribution >= 4 is 5.91 Å². The fourth-order valence-corrected chi connectivity index (χ4v) is 3.66. The molecule has 0 saturated carbocycles. The molecule has 0 unspecified atom stereocenters. The fourth-order valence-electron chi connectivity index (χ4n) is 3.66. The van der Waals surface area contributed by atoms with Crippen molar-refractivity contribution in [3.05, 3.63) is 86.6 Å². The van der Waals surface area contributed by atoms with E-state index in [0.29, 0.717) is 31.2 Å². The van der Waals surface area contributed by atoms with Crippen LogP contribution < -0.4 is 11.2 Å². The van der Waals surface area contributed by atoms with Crippen molar-refractivity contribution in [3.63, 3.8) is 0 Å². The van der Waals surface area contributed by atoms with Gasteiger partial charge in [0, 0.05) is 31.8 Å². The maximum absolute atomic E-state index is 13.4. The number of hydrogen-bond acceptors (Lipinski definition) is 5. The van der Waals surface area contributed by atoms with Gasteiger partial charge in [0.1, 0.15) is 18.1 Å². The van der Waals surface area contributed by atoms with Crippen LogP contribution in [-0.2, 0) is 17.8 Å². The van der Waals surface area contributed by atoms with Gasteiger partial charge in [-0.05, 0) is 30.5 Å². The van der Waals surface area contributed by atoms with Gasteiger partial charge in [0.05, 0.1) is 12.1 Å². The number of H-pyrrole nitrogens is 1. The van der Waals surface area contributed by atoms with Gasteiger partial charge in [0.25, 0.3) is 5.56 Å². The lowest BCUT2D eigenvalue weighted by Crippen LogP contribution is -2.42. The number of carbonyl (C=O) groups is 1. The smallest absolute Gasteiger partial charge is 0.328 e. The molecular formula is C21H21FN4O4. The second-order valence-corrected chi connectivity index (χ2v) is 7.39. The van der Waals surface area contributed by atoms with E-state index >= 15 is 0 Å². The molecule has 156 valence electrons. The van der Waals surface area contributed by atoms with Gasteiger partial charge in [0.15, 0.2) is 5.89 Å². The minimum absolute atomic E-state index is 0.0451.